The van der Waals surface area contributed by atoms with Gasteiger partial charge in [0.1, 0.15) is 6.10 Å². The lowest BCUT2D eigenvalue weighted by atomic mass is 10.1. The number of aliphatic imine (C=N–C) groups is 1. The normalized spacial score (nSPS) is 17.7. The van der Waals surface area contributed by atoms with Crippen LogP contribution < -0.4 is 5.32 Å². The predicted molar refractivity (Wildman–Crippen MR) is 115 cm³/mol. The largest absolute Gasteiger partial charge is 0.370 e. The van der Waals surface area contributed by atoms with Crippen LogP contribution in [0.25, 0.3) is 0 Å². The Kier molecular flexibility index (Phi) is 7.89. The number of aromatic nitrogens is 2. The highest BCUT2D eigenvalue weighted by molar-refractivity contribution is 14.0. The average Bonchev–Trinajstić information content (AvgIpc) is 3.09. The van der Waals surface area contributed by atoms with E-state index in [1.165, 1.54) is 11.1 Å². The standard InChI is InChI=1S/C19H27N5O.HI/c1-4-15-7-5-6-8-16(15)11-21-19(20-2)24-9-10-25-18(14-24)17-12-22-23(3)13-17;/h5-8,12-13,18H,4,9-11,14H2,1-3H3,(H,20,21);1H. The van der Waals surface area contributed by atoms with Crippen molar-refractivity contribution in [3.63, 3.8) is 0 Å². The molecule has 1 unspecified atom stereocenters. The van der Waals surface area contributed by atoms with Crippen LogP contribution >= 0.6 is 24.0 Å². The Hall–Kier alpha value is -1.61. The van der Waals surface area contributed by atoms with Gasteiger partial charge in [0.15, 0.2) is 5.96 Å². The van der Waals surface area contributed by atoms with Crippen molar-refractivity contribution < 1.29 is 4.74 Å². The SMILES string of the molecule is CCc1ccccc1CNC(=NC)N1CCOC(c2cnn(C)c2)C1.I. The summed E-state index contributed by atoms with van der Waals surface area (Å²) in [6.45, 7) is 5.28. The van der Waals surface area contributed by atoms with E-state index < -0.39 is 0 Å². The average molecular weight is 469 g/mol. The Morgan fingerprint density at radius 1 is 1.35 bits per heavy atom. The molecule has 0 saturated carbocycles. The number of halogens is 1. The van der Waals surface area contributed by atoms with Crippen molar-refractivity contribution in [2.45, 2.75) is 26.0 Å². The molecule has 0 amide bonds. The molecule has 6 nitrogen and oxygen atoms in total. The van der Waals surface area contributed by atoms with Gasteiger partial charge in [0.2, 0.25) is 0 Å². The molecule has 0 spiro atoms. The van der Waals surface area contributed by atoms with Crippen molar-refractivity contribution in [1.29, 1.82) is 0 Å². The topological polar surface area (TPSA) is 54.7 Å². The monoisotopic (exact) mass is 469 g/mol. The smallest absolute Gasteiger partial charge is 0.194 e. The molecule has 1 fully saturated rings. The summed E-state index contributed by atoms with van der Waals surface area (Å²) in [6, 6.07) is 8.55. The van der Waals surface area contributed by atoms with Gasteiger partial charge in [0.05, 0.1) is 19.3 Å². The first-order valence-electron chi connectivity index (χ1n) is 8.83. The van der Waals surface area contributed by atoms with Crippen molar-refractivity contribution >= 4 is 29.9 Å². The highest BCUT2D eigenvalue weighted by Gasteiger charge is 2.25. The van der Waals surface area contributed by atoms with Crippen LogP contribution in [0.5, 0.6) is 0 Å². The molecule has 0 radical (unpaired) electrons. The number of guanidine groups is 1. The number of nitrogens with one attached hydrogen (secondary N) is 1. The minimum Gasteiger partial charge on any atom is -0.370 e. The number of nitrogens with zero attached hydrogens (tertiary/aromatic N) is 4. The molecule has 26 heavy (non-hydrogen) atoms. The fourth-order valence-corrected chi connectivity index (χ4v) is 3.23. The first-order valence-corrected chi connectivity index (χ1v) is 8.83. The lowest BCUT2D eigenvalue weighted by Crippen LogP contribution is -2.48. The Bertz CT molecular complexity index is 730. The lowest BCUT2D eigenvalue weighted by Gasteiger charge is -2.34. The molecule has 7 heteroatoms. The molecule has 0 aliphatic carbocycles. The van der Waals surface area contributed by atoms with Crippen LogP contribution in [-0.2, 0) is 24.8 Å². The molecule has 1 atom stereocenters. The maximum Gasteiger partial charge on any atom is 0.194 e. The van der Waals surface area contributed by atoms with E-state index in [1.807, 2.05) is 31.2 Å². The molecule has 2 heterocycles. The number of hydrogen-bond acceptors (Lipinski definition) is 3. The van der Waals surface area contributed by atoms with E-state index in [2.05, 4.69) is 51.5 Å². The van der Waals surface area contributed by atoms with Crippen molar-refractivity contribution in [1.82, 2.24) is 20.0 Å². The second-order valence-electron chi connectivity index (χ2n) is 6.28. The van der Waals surface area contributed by atoms with E-state index in [-0.39, 0.29) is 30.1 Å². The molecular formula is C19H28IN5O. The summed E-state index contributed by atoms with van der Waals surface area (Å²) in [6.07, 6.45) is 4.96. The van der Waals surface area contributed by atoms with Gasteiger partial charge in [-0.1, -0.05) is 31.2 Å². The summed E-state index contributed by atoms with van der Waals surface area (Å²) in [5, 5.41) is 7.76. The van der Waals surface area contributed by atoms with Gasteiger partial charge in [-0.15, -0.1) is 24.0 Å². The summed E-state index contributed by atoms with van der Waals surface area (Å²) >= 11 is 0. The maximum absolute atomic E-state index is 5.92. The lowest BCUT2D eigenvalue weighted by molar-refractivity contribution is -0.00805. The molecule has 1 aliphatic rings. The van der Waals surface area contributed by atoms with E-state index in [0.29, 0.717) is 6.61 Å². The first kappa shape index (κ1) is 20.7. The molecule has 2 aromatic rings. The molecule has 1 aromatic heterocycles. The molecule has 1 saturated heterocycles. The molecule has 1 aliphatic heterocycles. The zero-order valence-electron chi connectivity index (χ0n) is 15.7. The van der Waals surface area contributed by atoms with Crippen LogP contribution in [0, 0.1) is 0 Å². The zero-order valence-corrected chi connectivity index (χ0v) is 18.0. The van der Waals surface area contributed by atoms with Crippen molar-refractivity contribution in [3.05, 3.63) is 53.3 Å². The molecular weight excluding hydrogens is 441 g/mol. The van der Waals surface area contributed by atoms with Crippen LogP contribution in [0.3, 0.4) is 0 Å². The van der Waals surface area contributed by atoms with Crippen molar-refractivity contribution in [3.8, 4) is 0 Å². The fourth-order valence-electron chi connectivity index (χ4n) is 3.23. The molecule has 1 N–H and O–H groups in total. The highest BCUT2D eigenvalue weighted by Crippen LogP contribution is 2.21. The van der Waals surface area contributed by atoms with Gasteiger partial charge in [0, 0.05) is 38.9 Å². The summed E-state index contributed by atoms with van der Waals surface area (Å²) in [5.74, 6) is 0.920. The van der Waals surface area contributed by atoms with Gasteiger partial charge in [-0.25, -0.2) is 0 Å². The molecule has 3 rings (SSSR count). The highest BCUT2D eigenvalue weighted by atomic mass is 127. The maximum atomic E-state index is 5.92. The van der Waals surface area contributed by atoms with Crippen LogP contribution in [0.1, 0.15) is 29.7 Å². The van der Waals surface area contributed by atoms with Gasteiger partial charge < -0.3 is 15.0 Å². The van der Waals surface area contributed by atoms with E-state index in [4.69, 9.17) is 4.74 Å². The van der Waals surface area contributed by atoms with Crippen molar-refractivity contribution in [2.24, 2.45) is 12.0 Å². The number of aryl methyl sites for hydroxylation is 2. The predicted octanol–water partition coefficient (Wildman–Crippen LogP) is 2.75. The Morgan fingerprint density at radius 3 is 2.77 bits per heavy atom. The molecule has 1 aromatic carbocycles. The fraction of sp³-hybridized carbons (Fsp3) is 0.474. The molecule has 0 bridgehead atoms. The van der Waals surface area contributed by atoms with E-state index in [1.54, 1.807) is 0 Å². The summed E-state index contributed by atoms with van der Waals surface area (Å²) in [4.78, 5) is 6.73. The van der Waals surface area contributed by atoms with Gasteiger partial charge in [-0.3, -0.25) is 9.67 Å². The Balaban J connectivity index is 0.00000243. The first-order chi connectivity index (χ1) is 12.2. The third-order valence-corrected chi connectivity index (χ3v) is 4.61. The molecule has 142 valence electrons. The summed E-state index contributed by atoms with van der Waals surface area (Å²) < 4.78 is 7.74. The third kappa shape index (κ3) is 4.97. The minimum atomic E-state index is 0. The second-order valence-corrected chi connectivity index (χ2v) is 6.28. The van der Waals surface area contributed by atoms with Crippen LogP contribution in [0.15, 0.2) is 41.7 Å². The van der Waals surface area contributed by atoms with Gasteiger partial charge >= 0.3 is 0 Å². The zero-order chi connectivity index (χ0) is 17.6. The number of morpholine rings is 1. The number of ether oxygens (including phenoxy) is 1. The van der Waals surface area contributed by atoms with Gasteiger partial charge in [-0.2, -0.15) is 5.10 Å². The van der Waals surface area contributed by atoms with E-state index in [0.717, 1.165) is 37.6 Å². The quantitative estimate of drug-likeness (QED) is 0.425. The van der Waals surface area contributed by atoms with Crippen LogP contribution in [0.2, 0.25) is 0 Å². The number of hydrogen-bond donors (Lipinski definition) is 1. The summed E-state index contributed by atoms with van der Waals surface area (Å²) in [7, 11) is 3.76. The van der Waals surface area contributed by atoms with Crippen LogP contribution in [0.4, 0.5) is 0 Å². The Morgan fingerprint density at radius 2 is 2.12 bits per heavy atom. The van der Waals surface area contributed by atoms with Crippen LogP contribution in [-0.4, -0.2) is 47.4 Å². The van der Waals surface area contributed by atoms with Crippen molar-refractivity contribution in [2.75, 3.05) is 26.7 Å². The minimum absolute atomic E-state index is 0. The Labute approximate surface area is 172 Å². The van der Waals surface area contributed by atoms with Gasteiger partial charge in [-0.05, 0) is 17.5 Å². The second kappa shape index (κ2) is 9.91. The summed E-state index contributed by atoms with van der Waals surface area (Å²) in [5.41, 5.74) is 3.81. The van der Waals surface area contributed by atoms with E-state index in [9.17, 15) is 0 Å². The van der Waals surface area contributed by atoms with E-state index >= 15 is 0 Å². The number of benzene rings is 1. The van der Waals surface area contributed by atoms with Gasteiger partial charge in [0.25, 0.3) is 0 Å². The number of rotatable bonds is 4. The third-order valence-electron chi connectivity index (χ3n) is 4.61.